The Morgan fingerprint density at radius 2 is 1.38 bits per heavy atom. The summed E-state index contributed by atoms with van der Waals surface area (Å²) in [6, 6.07) is 19.5. The minimum absolute atomic E-state index is 0.416. The van der Waals surface area contributed by atoms with Gasteiger partial charge in [0.25, 0.3) is 0 Å². The van der Waals surface area contributed by atoms with E-state index in [2.05, 4.69) is 10.6 Å². The van der Waals surface area contributed by atoms with Crippen molar-refractivity contribution in [2.75, 3.05) is 10.6 Å². The van der Waals surface area contributed by atoms with Crippen LogP contribution in [0.1, 0.15) is 12.0 Å². The molecule has 29 heavy (non-hydrogen) atoms. The van der Waals surface area contributed by atoms with Crippen LogP contribution in [-0.2, 0) is 16.2 Å². The van der Waals surface area contributed by atoms with E-state index in [0.29, 0.717) is 18.0 Å². The predicted molar refractivity (Wildman–Crippen MR) is 105 cm³/mol. The Kier molecular flexibility index (Phi) is 6.52. The zero-order valence-electron chi connectivity index (χ0n) is 15.3. The van der Waals surface area contributed by atoms with Crippen LogP contribution in [0, 0.1) is 11.6 Å². The molecule has 0 aliphatic carbocycles. The highest BCUT2D eigenvalue weighted by Gasteiger charge is 2.15. The molecule has 3 aromatic rings. The lowest BCUT2D eigenvalue weighted by Crippen LogP contribution is -2.22. The monoisotopic (exact) mass is 396 g/mol. The molecule has 2 amide bonds. The summed E-state index contributed by atoms with van der Waals surface area (Å²) in [6.45, 7) is 0.416. The van der Waals surface area contributed by atoms with Crippen molar-refractivity contribution < 1.29 is 23.1 Å². The largest absolute Gasteiger partial charge is 0.489 e. The summed E-state index contributed by atoms with van der Waals surface area (Å²) in [5.41, 5.74) is 0.916. The highest BCUT2D eigenvalue weighted by Crippen LogP contribution is 2.19. The van der Waals surface area contributed by atoms with Crippen LogP contribution in [0.2, 0.25) is 0 Å². The lowest BCUT2D eigenvalue weighted by molar-refractivity contribution is -0.123. The summed E-state index contributed by atoms with van der Waals surface area (Å²) in [7, 11) is 0. The number of hydrogen-bond acceptors (Lipinski definition) is 3. The molecule has 0 bridgehead atoms. The van der Waals surface area contributed by atoms with Crippen LogP contribution in [0.15, 0.2) is 72.8 Å². The van der Waals surface area contributed by atoms with Gasteiger partial charge in [-0.3, -0.25) is 9.59 Å². The van der Waals surface area contributed by atoms with Crippen molar-refractivity contribution in [3.05, 3.63) is 90.0 Å². The Morgan fingerprint density at radius 3 is 2.03 bits per heavy atom. The van der Waals surface area contributed by atoms with E-state index in [1.165, 1.54) is 6.07 Å². The van der Waals surface area contributed by atoms with E-state index >= 15 is 0 Å². The van der Waals surface area contributed by atoms with Gasteiger partial charge in [0.05, 0.1) is 0 Å². The standard InChI is InChI=1S/C22H18F2N2O3/c23-18-7-4-8-19(24)22(18)26-21(28)13-20(27)25-16-9-11-17(12-10-16)29-14-15-5-2-1-3-6-15/h1-12H,13-14H2,(H,25,27)(H,26,28). The molecule has 0 heterocycles. The molecule has 5 nitrogen and oxygen atoms in total. The average molecular weight is 396 g/mol. The van der Waals surface area contributed by atoms with Crippen LogP contribution in [0.3, 0.4) is 0 Å². The molecule has 0 saturated carbocycles. The number of carbonyl (C=O) groups is 2. The second-order valence-electron chi connectivity index (χ2n) is 6.17. The van der Waals surface area contributed by atoms with Crippen LogP contribution >= 0.6 is 0 Å². The molecule has 2 N–H and O–H groups in total. The third kappa shape index (κ3) is 5.87. The van der Waals surface area contributed by atoms with Gasteiger partial charge in [-0.05, 0) is 42.0 Å². The molecule has 0 aliphatic heterocycles. The van der Waals surface area contributed by atoms with Crippen molar-refractivity contribution in [2.45, 2.75) is 13.0 Å². The summed E-state index contributed by atoms with van der Waals surface area (Å²) < 4.78 is 32.7. The number of hydrogen-bond donors (Lipinski definition) is 2. The van der Waals surface area contributed by atoms with Crippen molar-refractivity contribution in [1.29, 1.82) is 0 Å². The van der Waals surface area contributed by atoms with Gasteiger partial charge in [0.2, 0.25) is 11.8 Å². The van der Waals surface area contributed by atoms with Crippen molar-refractivity contribution in [2.24, 2.45) is 0 Å². The van der Waals surface area contributed by atoms with Crippen LogP contribution in [0.4, 0.5) is 20.2 Å². The maximum atomic E-state index is 13.5. The zero-order valence-corrected chi connectivity index (χ0v) is 15.3. The second-order valence-corrected chi connectivity index (χ2v) is 6.17. The van der Waals surface area contributed by atoms with Crippen LogP contribution in [-0.4, -0.2) is 11.8 Å². The second kappa shape index (κ2) is 9.45. The number of carbonyl (C=O) groups excluding carboxylic acids is 2. The summed E-state index contributed by atoms with van der Waals surface area (Å²) in [5, 5.41) is 4.61. The van der Waals surface area contributed by atoms with Gasteiger partial charge in [-0.2, -0.15) is 0 Å². The first-order valence-electron chi connectivity index (χ1n) is 8.82. The number of para-hydroxylation sites is 1. The Balaban J connectivity index is 1.49. The molecule has 0 saturated heterocycles. The fourth-order valence-corrected chi connectivity index (χ4v) is 2.53. The summed E-state index contributed by atoms with van der Waals surface area (Å²) in [5.74, 6) is -2.64. The Morgan fingerprint density at radius 1 is 0.759 bits per heavy atom. The third-order valence-electron chi connectivity index (χ3n) is 3.93. The Labute approximate surface area is 166 Å². The van der Waals surface area contributed by atoms with Crippen LogP contribution < -0.4 is 15.4 Å². The van der Waals surface area contributed by atoms with Gasteiger partial charge in [0.1, 0.15) is 36.1 Å². The minimum atomic E-state index is -0.912. The van der Waals surface area contributed by atoms with Gasteiger partial charge in [0, 0.05) is 5.69 Å². The minimum Gasteiger partial charge on any atom is -0.489 e. The molecule has 148 valence electrons. The quantitative estimate of drug-likeness (QED) is 0.578. The highest BCUT2D eigenvalue weighted by molar-refractivity contribution is 6.08. The molecule has 0 radical (unpaired) electrons. The average Bonchev–Trinajstić information content (AvgIpc) is 2.71. The number of ether oxygens (including phenoxy) is 1. The maximum Gasteiger partial charge on any atom is 0.233 e. The first-order valence-corrected chi connectivity index (χ1v) is 8.82. The smallest absolute Gasteiger partial charge is 0.233 e. The molecule has 0 aromatic heterocycles. The van der Waals surface area contributed by atoms with E-state index in [1.54, 1.807) is 24.3 Å². The van der Waals surface area contributed by atoms with Crippen LogP contribution in [0.25, 0.3) is 0 Å². The first-order chi connectivity index (χ1) is 14.0. The maximum absolute atomic E-state index is 13.5. The van der Waals surface area contributed by atoms with E-state index in [4.69, 9.17) is 4.74 Å². The molecule has 0 spiro atoms. The van der Waals surface area contributed by atoms with Gasteiger partial charge in [-0.25, -0.2) is 8.78 Å². The molecule has 3 rings (SSSR count). The SMILES string of the molecule is O=C(CC(=O)Nc1c(F)cccc1F)Nc1ccc(OCc2ccccc2)cc1. The number of nitrogens with one attached hydrogen (secondary N) is 2. The molecular weight excluding hydrogens is 378 g/mol. The Bertz CT molecular complexity index is 972. The van der Waals surface area contributed by atoms with Gasteiger partial charge in [0.15, 0.2) is 0 Å². The van der Waals surface area contributed by atoms with Gasteiger partial charge in [-0.1, -0.05) is 36.4 Å². The molecule has 0 fully saturated rings. The first kappa shape index (κ1) is 20.0. The van der Waals surface area contributed by atoms with Gasteiger partial charge < -0.3 is 15.4 Å². The summed E-state index contributed by atoms with van der Waals surface area (Å²) in [4.78, 5) is 23.9. The third-order valence-corrected chi connectivity index (χ3v) is 3.93. The lowest BCUT2D eigenvalue weighted by atomic mass is 10.2. The van der Waals surface area contributed by atoms with Crippen molar-refractivity contribution in [3.63, 3.8) is 0 Å². The van der Waals surface area contributed by atoms with Gasteiger partial charge in [-0.15, -0.1) is 0 Å². The van der Waals surface area contributed by atoms with E-state index in [1.807, 2.05) is 30.3 Å². The molecule has 3 aromatic carbocycles. The van der Waals surface area contributed by atoms with Crippen molar-refractivity contribution in [1.82, 2.24) is 0 Å². The molecule has 0 atom stereocenters. The van der Waals surface area contributed by atoms with Crippen molar-refractivity contribution >= 4 is 23.2 Å². The predicted octanol–water partition coefficient (Wildman–Crippen LogP) is 4.51. The molecule has 0 unspecified atom stereocenters. The van der Waals surface area contributed by atoms with Crippen molar-refractivity contribution in [3.8, 4) is 5.75 Å². The highest BCUT2D eigenvalue weighted by atomic mass is 19.1. The van der Waals surface area contributed by atoms with Gasteiger partial charge >= 0.3 is 0 Å². The van der Waals surface area contributed by atoms with E-state index in [9.17, 15) is 18.4 Å². The molecule has 0 aliphatic rings. The number of rotatable bonds is 7. The topological polar surface area (TPSA) is 67.4 Å². The molecular formula is C22H18F2N2O3. The van der Waals surface area contributed by atoms with Crippen LogP contribution in [0.5, 0.6) is 5.75 Å². The fourth-order valence-electron chi connectivity index (χ4n) is 2.53. The number of amides is 2. The fraction of sp³-hybridized carbons (Fsp3) is 0.0909. The normalized spacial score (nSPS) is 10.3. The summed E-state index contributed by atoms with van der Waals surface area (Å²) >= 11 is 0. The Hall–Kier alpha value is -3.74. The van der Waals surface area contributed by atoms with E-state index < -0.39 is 35.6 Å². The zero-order chi connectivity index (χ0) is 20.6. The van der Waals surface area contributed by atoms with E-state index in [0.717, 1.165) is 17.7 Å². The number of benzene rings is 3. The number of anilines is 2. The number of halogens is 2. The van der Waals surface area contributed by atoms with E-state index in [-0.39, 0.29) is 0 Å². The lowest BCUT2D eigenvalue weighted by Gasteiger charge is -2.09. The summed E-state index contributed by atoms with van der Waals surface area (Å²) in [6.07, 6.45) is -0.583. The molecule has 7 heteroatoms.